The van der Waals surface area contributed by atoms with Crippen molar-refractivity contribution in [3.63, 3.8) is 0 Å². The van der Waals surface area contributed by atoms with E-state index in [1.807, 2.05) is 0 Å². The van der Waals surface area contributed by atoms with E-state index in [9.17, 15) is 9.59 Å². The van der Waals surface area contributed by atoms with E-state index in [0.717, 1.165) is 13.0 Å². The summed E-state index contributed by atoms with van der Waals surface area (Å²) in [5.41, 5.74) is 0. The highest BCUT2D eigenvalue weighted by Gasteiger charge is 2.26. The zero-order valence-corrected chi connectivity index (χ0v) is 5.46. The average molecular weight is 143 g/mol. The Balaban J connectivity index is 2.48. The van der Waals surface area contributed by atoms with Crippen LogP contribution in [0.25, 0.3) is 0 Å². The van der Waals surface area contributed by atoms with E-state index in [0.29, 0.717) is 6.42 Å². The Bertz CT molecular complexity index is 160. The van der Waals surface area contributed by atoms with Gasteiger partial charge in [0.05, 0.1) is 6.04 Å². The molecule has 0 aliphatic carbocycles. The van der Waals surface area contributed by atoms with E-state index in [1.165, 1.54) is 0 Å². The molecular weight excluding hydrogens is 134 g/mol. The fraction of sp³-hybridized carbons (Fsp3) is 0.667. The van der Waals surface area contributed by atoms with Crippen molar-refractivity contribution in [1.29, 1.82) is 0 Å². The van der Waals surface area contributed by atoms with E-state index in [-0.39, 0.29) is 0 Å². The lowest BCUT2D eigenvalue weighted by molar-refractivity contribution is -0.149. The number of aliphatic carboxylic acids is 1. The highest BCUT2D eigenvalue weighted by Crippen LogP contribution is 2.05. The van der Waals surface area contributed by atoms with Crippen LogP contribution in [0.15, 0.2) is 0 Å². The molecule has 0 amide bonds. The lowest BCUT2D eigenvalue weighted by atomic mass is 10.1. The molecule has 1 atom stereocenters. The third-order valence-electron chi connectivity index (χ3n) is 1.59. The molecule has 10 heavy (non-hydrogen) atoms. The number of rotatable bonds is 2. The molecule has 1 rings (SSSR count). The Labute approximate surface area is 58.2 Å². The number of ketones is 1. The number of nitrogens with one attached hydrogen (secondary N) is 1. The molecule has 1 fully saturated rings. The third kappa shape index (κ3) is 1.33. The second kappa shape index (κ2) is 2.79. The summed E-state index contributed by atoms with van der Waals surface area (Å²) in [4.78, 5) is 20.8. The number of carboxylic acid groups (broad SMARTS) is 1. The largest absolute Gasteiger partial charge is 0.475 e. The van der Waals surface area contributed by atoms with Crippen molar-refractivity contribution in [2.45, 2.75) is 18.9 Å². The Morgan fingerprint density at radius 1 is 1.50 bits per heavy atom. The topological polar surface area (TPSA) is 66.4 Å². The van der Waals surface area contributed by atoms with Crippen LogP contribution in [0.3, 0.4) is 0 Å². The van der Waals surface area contributed by atoms with Crippen molar-refractivity contribution in [2.75, 3.05) is 6.54 Å². The molecular formula is C6H9NO3. The maximum atomic E-state index is 10.7. The zero-order valence-electron chi connectivity index (χ0n) is 5.46. The minimum absolute atomic E-state index is 0.433. The van der Waals surface area contributed by atoms with E-state index in [1.54, 1.807) is 0 Å². The zero-order chi connectivity index (χ0) is 7.56. The lowest BCUT2D eigenvalue weighted by Crippen LogP contribution is -2.35. The van der Waals surface area contributed by atoms with Gasteiger partial charge in [0.15, 0.2) is 0 Å². The maximum Gasteiger partial charge on any atom is 0.373 e. The minimum atomic E-state index is -1.33. The van der Waals surface area contributed by atoms with Gasteiger partial charge in [-0.2, -0.15) is 0 Å². The summed E-state index contributed by atoms with van der Waals surface area (Å²) in [7, 11) is 0. The molecule has 0 aromatic heterocycles. The summed E-state index contributed by atoms with van der Waals surface area (Å²) in [6, 6.07) is -0.433. The summed E-state index contributed by atoms with van der Waals surface area (Å²) < 4.78 is 0. The molecule has 1 saturated heterocycles. The SMILES string of the molecule is O=C(O)C(=O)[C@H]1CCCN1. The second-order valence-corrected chi connectivity index (χ2v) is 2.32. The molecule has 0 radical (unpaired) electrons. The first-order valence-corrected chi connectivity index (χ1v) is 3.22. The van der Waals surface area contributed by atoms with Crippen LogP contribution in [0.4, 0.5) is 0 Å². The van der Waals surface area contributed by atoms with Gasteiger partial charge in [0.25, 0.3) is 5.78 Å². The molecule has 56 valence electrons. The molecule has 4 heteroatoms. The van der Waals surface area contributed by atoms with Crippen molar-refractivity contribution in [3.05, 3.63) is 0 Å². The predicted molar refractivity (Wildman–Crippen MR) is 33.7 cm³/mol. The van der Waals surface area contributed by atoms with Crippen molar-refractivity contribution >= 4 is 11.8 Å². The van der Waals surface area contributed by atoms with Crippen LogP contribution < -0.4 is 5.32 Å². The van der Waals surface area contributed by atoms with Gasteiger partial charge in [-0.3, -0.25) is 4.79 Å². The predicted octanol–water partition coefficient (Wildman–Crippen LogP) is -0.608. The monoisotopic (exact) mass is 143 g/mol. The number of hydrogen-bond donors (Lipinski definition) is 2. The molecule has 0 aromatic carbocycles. The van der Waals surface area contributed by atoms with Crippen LogP contribution in [0.2, 0.25) is 0 Å². The Kier molecular flexibility index (Phi) is 2.01. The molecule has 0 saturated carbocycles. The molecule has 1 heterocycles. The maximum absolute atomic E-state index is 10.7. The van der Waals surface area contributed by atoms with Crippen LogP contribution in [0, 0.1) is 0 Å². The molecule has 0 spiro atoms. The van der Waals surface area contributed by atoms with Crippen molar-refractivity contribution in [2.24, 2.45) is 0 Å². The van der Waals surface area contributed by atoms with Crippen molar-refractivity contribution < 1.29 is 14.7 Å². The normalized spacial score (nSPS) is 24.6. The smallest absolute Gasteiger partial charge is 0.373 e. The van der Waals surface area contributed by atoms with Gasteiger partial charge in [-0.05, 0) is 19.4 Å². The van der Waals surface area contributed by atoms with Gasteiger partial charge in [0.1, 0.15) is 0 Å². The third-order valence-corrected chi connectivity index (χ3v) is 1.59. The molecule has 0 unspecified atom stereocenters. The first-order valence-electron chi connectivity index (χ1n) is 3.22. The van der Waals surface area contributed by atoms with Crippen molar-refractivity contribution in [3.8, 4) is 0 Å². The van der Waals surface area contributed by atoms with E-state index < -0.39 is 17.8 Å². The second-order valence-electron chi connectivity index (χ2n) is 2.32. The number of hydrogen-bond acceptors (Lipinski definition) is 3. The van der Waals surface area contributed by atoms with Gasteiger partial charge in [-0.25, -0.2) is 4.79 Å². The van der Waals surface area contributed by atoms with Gasteiger partial charge >= 0.3 is 5.97 Å². The first kappa shape index (κ1) is 7.21. The molecule has 1 aliphatic rings. The minimum Gasteiger partial charge on any atom is -0.475 e. The summed E-state index contributed by atoms with van der Waals surface area (Å²) >= 11 is 0. The average Bonchev–Trinajstić information content (AvgIpc) is 2.36. The number of Topliss-reactive ketones (excluding diaryl/α,β-unsaturated/α-hetero) is 1. The standard InChI is InChI=1S/C6H9NO3/c8-5(6(9)10)4-2-1-3-7-4/h4,7H,1-3H2,(H,9,10)/t4-/m1/s1. The van der Waals surface area contributed by atoms with Gasteiger partial charge in [0.2, 0.25) is 0 Å². The first-order chi connectivity index (χ1) is 4.72. The fourth-order valence-corrected chi connectivity index (χ4v) is 1.06. The summed E-state index contributed by atoms with van der Waals surface area (Å²) in [5, 5.41) is 11.1. The molecule has 0 bridgehead atoms. The fourth-order valence-electron chi connectivity index (χ4n) is 1.06. The van der Waals surface area contributed by atoms with E-state index in [4.69, 9.17) is 5.11 Å². The van der Waals surface area contributed by atoms with Crippen LogP contribution in [0.1, 0.15) is 12.8 Å². The highest BCUT2D eigenvalue weighted by atomic mass is 16.4. The van der Waals surface area contributed by atoms with Gasteiger partial charge in [-0.15, -0.1) is 0 Å². The number of carbonyl (C=O) groups is 2. The van der Waals surface area contributed by atoms with Gasteiger partial charge in [0, 0.05) is 0 Å². The lowest BCUT2D eigenvalue weighted by Gasteiger charge is -2.02. The van der Waals surface area contributed by atoms with Crippen molar-refractivity contribution in [1.82, 2.24) is 5.32 Å². The summed E-state index contributed by atoms with van der Waals surface area (Å²) in [5.74, 6) is -2.04. The van der Waals surface area contributed by atoms with E-state index in [2.05, 4.69) is 5.32 Å². The van der Waals surface area contributed by atoms with E-state index >= 15 is 0 Å². The molecule has 4 nitrogen and oxygen atoms in total. The number of carboxylic acids is 1. The highest BCUT2D eigenvalue weighted by molar-refractivity contribution is 6.34. The summed E-state index contributed by atoms with van der Waals surface area (Å²) in [6.07, 6.45) is 1.55. The molecule has 0 aromatic rings. The number of carbonyl (C=O) groups excluding carboxylic acids is 1. The van der Waals surface area contributed by atoms with Gasteiger partial charge in [-0.1, -0.05) is 0 Å². The summed E-state index contributed by atoms with van der Waals surface area (Å²) in [6.45, 7) is 0.754. The van der Waals surface area contributed by atoms with Crippen LogP contribution in [-0.4, -0.2) is 29.4 Å². The molecule has 1 aliphatic heterocycles. The van der Waals surface area contributed by atoms with Crippen LogP contribution in [-0.2, 0) is 9.59 Å². The molecule has 2 N–H and O–H groups in total. The van der Waals surface area contributed by atoms with Crippen LogP contribution in [0.5, 0.6) is 0 Å². The Morgan fingerprint density at radius 3 is 2.60 bits per heavy atom. The quantitative estimate of drug-likeness (QED) is 0.506. The Hall–Kier alpha value is -0.900. The van der Waals surface area contributed by atoms with Gasteiger partial charge < -0.3 is 10.4 Å². The van der Waals surface area contributed by atoms with Crippen LogP contribution >= 0.6 is 0 Å². The Morgan fingerprint density at radius 2 is 2.20 bits per heavy atom.